The number of amides is 2. The Balaban J connectivity index is 1.59. The summed E-state index contributed by atoms with van der Waals surface area (Å²) >= 11 is 1.68. The van der Waals surface area contributed by atoms with Gasteiger partial charge in [0.2, 0.25) is 0 Å². The maximum Gasteiger partial charge on any atom is 0.317 e. The molecule has 24 heavy (non-hydrogen) atoms. The Bertz CT molecular complexity index is 685. The normalized spacial score (nSPS) is 22.4. The topological polar surface area (TPSA) is 59.4 Å². The predicted octanol–water partition coefficient (Wildman–Crippen LogP) is 2.54. The van der Waals surface area contributed by atoms with E-state index in [9.17, 15) is 4.79 Å². The maximum atomic E-state index is 12.5. The summed E-state index contributed by atoms with van der Waals surface area (Å²) in [6.45, 7) is 6.43. The Labute approximate surface area is 146 Å². The molecule has 130 valence electrons. The molecule has 0 aromatic carbocycles. The number of carbonyl (C=O) groups excluding carboxylic acids is 1. The van der Waals surface area contributed by atoms with Gasteiger partial charge >= 0.3 is 6.03 Å². The van der Waals surface area contributed by atoms with Gasteiger partial charge in [-0.15, -0.1) is 0 Å². The highest BCUT2D eigenvalue weighted by Crippen LogP contribution is 2.29. The molecule has 0 radical (unpaired) electrons. The summed E-state index contributed by atoms with van der Waals surface area (Å²) < 4.78 is 7.71. The first-order chi connectivity index (χ1) is 11.5. The lowest BCUT2D eigenvalue weighted by atomic mass is 9.97. The van der Waals surface area contributed by atoms with Crippen LogP contribution in [0.1, 0.15) is 30.9 Å². The fourth-order valence-electron chi connectivity index (χ4n) is 2.94. The number of rotatable bonds is 4. The third kappa shape index (κ3) is 3.62. The Kier molecular flexibility index (Phi) is 4.91. The van der Waals surface area contributed by atoms with Crippen LogP contribution in [0, 0.1) is 0 Å². The molecule has 2 amide bonds. The molecule has 2 aromatic rings. The van der Waals surface area contributed by atoms with Gasteiger partial charge in [0.1, 0.15) is 5.60 Å². The summed E-state index contributed by atoms with van der Waals surface area (Å²) in [6, 6.07) is 2.07. The number of hydrogen-bond donors (Lipinski definition) is 1. The number of ether oxygens (including phenoxy) is 1. The Morgan fingerprint density at radius 3 is 3.08 bits per heavy atom. The first kappa shape index (κ1) is 17.0. The van der Waals surface area contributed by atoms with Gasteiger partial charge in [0.25, 0.3) is 0 Å². The van der Waals surface area contributed by atoms with E-state index in [4.69, 9.17) is 4.74 Å². The van der Waals surface area contributed by atoms with Crippen molar-refractivity contribution in [3.63, 3.8) is 0 Å². The number of aryl methyl sites for hydroxylation is 1. The van der Waals surface area contributed by atoms with E-state index in [1.807, 2.05) is 25.1 Å². The molecule has 1 N–H and O–H groups in total. The van der Waals surface area contributed by atoms with Crippen molar-refractivity contribution in [1.82, 2.24) is 20.0 Å². The first-order valence-corrected chi connectivity index (χ1v) is 9.10. The van der Waals surface area contributed by atoms with Crippen molar-refractivity contribution in [2.24, 2.45) is 7.05 Å². The predicted molar refractivity (Wildman–Crippen MR) is 94.2 cm³/mol. The molecule has 1 aliphatic rings. The van der Waals surface area contributed by atoms with E-state index in [2.05, 4.69) is 34.2 Å². The maximum absolute atomic E-state index is 12.5. The number of carbonyl (C=O) groups is 1. The van der Waals surface area contributed by atoms with Crippen LogP contribution in [-0.2, 0) is 17.4 Å². The molecule has 1 aliphatic heterocycles. The third-order valence-electron chi connectivity index (χ3n) is 4.55. The zero-order valence-corrected chi connectivity index (χ0v) is 15.2. The summed E-state index contributed by atoms with van der Waals surface area (Å²) in [7, 11) is 1.88. The molecule has 0 saturated carbocycles. The van der Waals surface area contributed by atoms with Crippen LogP contribution in [0.2, 0.25) is 0 Å². The van der Waals surface area contributed by atoms with Crippen molar-refractivity contribution in [1.29, 1.82) is 0 Å². The average Bonchev–Trinajstić information content (AvgIpc) is 3.24. The van der Waals surface area contributed by atoms with Gasteiger partial charge in [-0.1, -0.05) is 6.92 Å². The molecule has 3 rings (SSSR count). The molecule has 1 saturated heterocycles. The van der Waals surface area contributed by atoms with E-state index in [1.165, 1.54) is 5.56 Å². The van der Waals surface area contributed by atoms with E-state index < -0.39 is 5.60 Å². The number of aromatic nitrogens is 2. The number of nitrogens with one attached hydrogen (secondary N) is 1. The van der Waals surface area contributed by atoms with E-state index in [1.54, 1.807) is 22.2 Å². The smallest absolute Gasteiger partial charge is 0.317 e. The van der Waals surface area contributed by atoms with Gasteiger partial charge in [0.05, 0.1) is 19.3 Å². The van der Waals surface area contributed by atoms with Crippen LogP contribution in [0.25, 0.3) is 0 Å². The van der Waals surface area contributed by atoms with Crippen LogP contribution >= 0.6 is 11.3 Å². The van der Waals surface area contributed by atoms with Gasteiger partial charge in [0, 0.05) is 31.9 Å². The highest BCUT2D eigenvalue weighted by Gasteiger charge is 2.36. The summed E-state index contributed by atoms with van der Waals surface area (Å²) in [5, 5.41) is 11.5. The lowest BCUT2D eigenvalue weighted by Gasteiger charge is -2.40. The number of hydrogen-bond acceptors (Lipinski definition) is 4. The van der Waals surface area contributed by atoms with Gasteiger partial charge in [-0.2, -0.15) is 16.4 Å². The van der Waals surface area contributed by atoms with Gasteiger partial charge in [0.15, 0.2) is 0 Å². The monoisotopic (exact) mass is 348 g/mol. The second kappa shape index (κ2) is 6.94. The highest BCUT2D eigenvalue weighted by atomic mass is 32.1. The third-order valence-corrected chi connectivity index (χ3v) is 5.25. The van der Waals surface area contributed by atoms with E-state index in [-0.39, 0.29) is 6.03 Å². The number of nitrogens with zero attached hydrogens (tertiary/aromatic N) is 3. The zero-order chi connectivity index (χ0) is 17.2. The van der Waals surface area contributed by atoms with Crippen LogP contribution in [0.4, 0.5) is 4.79 Å². The highest BCUT2D eigenvalue weighted by molar-refractivity contribution is 7.07. The Morgan fingerprint density at radius 2 is 2.42 bits per heavy atom. The lowest BCUT2D eigenvalue weighted by Crippen LogP contribution is -2.53. The molecule has 0 bridgehead atoms. The minimum Gasteiger partial charge on any atom is -0.367 e. The van der Waals surface area contributed by atoms with Gasteiger partial charge in [-0.05, 0) is 35.2 Å². The molecule has 3 heterocycles. The molecule has 2 unspecified atom stereocenters. The van der Waals surface area contributed by atoms with Crippen LogP contribution in [-0.4, -0.2) is 47.0 Å². The quantitative estimate of drug-likeness (QED) is 0.924. The fourth-order valence-corrected chi connectivity index (χ4v) is 3.72. The van der Waals surface area contributed by atoms with Crippen LogP contribution in [0.15, 0.2) is 29.2 Å². The number of thiophene rings is 1. The molecule has 1 fully saturated rings. The summed E-state index contributed by atoms with van der Waals surface area (Å²) in [6.07, 6.45) is 3.75. The van der Waals surface area contributed by atoms with Crippen LogP contribution in [0.5, 0.6) is 0 Å². The fraction of sp³-hybridized carbons (Fsp3) is 0.529. The van der Waals surface area contributed by atoms with Gasteiger partial charge in [-0.25, -0.2) is 4.79 Å². The van der Waals surface area contributed by atoms with Crippen LogP contribution in [0.3, 0.4) is 0 Å². The van der Waals surface area contributed by atoms with E-state index in [0.29, 0.717) is 32.2 Å². The Hall–Kier alpha value is -1.86. The molecule has 0 spiro atoms. The van der Waals surface area contributed by atoms with Crippen molar-refractivity contribution in [2.45, 2.75) is 25.4 Å². The minimum absolute atomic E-state index is 0.0319. The Morgan fingerprint density at radius 1 is 1.58 bits per heavy atom. The summed E-state index contributed by atoms with van der Waals surface area (Å²) in [5.74, 6) is 0.311. The van der Waals surface area contributed by atoms with Crippen molar-refractivity contribution in [3.8, 4) is 0 Å². The molecule has 6 nitrogen and oxygen atoms in total. The van der Waals surface area contributed by atoms with Gasteiger partial charge in [-0.3, -0.25) is 4.68 Å². The molecule has 2 atom stereocenters. The van der Waals surface area contributed by atoms with Gasteiger partial charge < -0.3 is 15.0 Å². The first-order valence-electron chi connectivity index (χ1n) is 8.16. The number of urea groups is 1. The molecule has 0 aliphatic carbocycles. The summed E-state index contributed by atoms with van der Waals surface area (Å²) in [5.41, 5.74) is 1.75. The second-order valence-electron chi connectivity index (χ2n) is 6.55. The lowest BCUT2D eigenvalue weighted by molar-refractivity contribution is -0.0906. The minimum atomic E-state index is -0.511. The largest absolute Gasteiger partial charge is 0.367 e. The molecular formula is C17H24N4O2S. The standard InChI is InChI=1S/C17H24N4O2S/c1-13(14-4-7-24-11-14)8-18-16(22)21-5-6-23-17(2,12-21)15-9-19-20(3)10-15/h4,7,9-11,13H,5-6,8,12H2,1-3H3,(H,18,22). The molecule has 2 aromatic heterocycles. The van der Waals surface area contributed by atoms with Crippen molar-refractivity contribution >= 4 is 17.4 Å². The SMILES string of the molecule is CC(CNC(=O)N1CCOC(C)(c2cnn(C)c2)C1)c1ccsc1. The van der Waals surface area contributed by atoms with E-state index >= 15 is 0 Å². The number of morpholine rings is 1. The summed E-state index contributed by atoms with van der Waals surface area (Å²) in [4.78, 5) is 14.4. The molecule has 7 heteroatoms. The van der Waals surface area contributed by atoms with Crippen molar-refractivity contribution in [2.75, 3.05) is 26.2 Å². The van der Waals surface area contributed by atoms with Crippen molar-refractivity contribution < 1.29 is 9.53 Å². The van der Waals surface area contributed by atoms with E-state index in [0.717, 1.165) is 5.56 Å². The molecular weight excluding hydrogens is 324 g/mol. The second-order valence-corrected chi connectivity index (χ2v) is 7.33. The van der Waals surface area contributed by atoms with Crippen molar-refractivity contribution in [3.05, 3.63) is 40.3 Å². The zero-order valence-electron chi connectivity index (χ0n) is 14.4. The van der Waals surface area contributed by atoms with Crippen LogP contribution < -0.4 is 5.32 Å². The average molecular weight is 348 g/mol.